The van der Waals surface area contributed by atoms with E-state index in [0.29, 0.717) is 6.42 Å². The first kappa shape index (κ1) is 13.1. The van der Waals surface area contributed by atoms with Gasteiger partial charge in [0, 0.05) is 6.54 Å². The Morgan fingerprint density at radius 2 is 2.17 bits per heavy atom. The molecule has 1 aliphatic rings. The normalized spacial score (nSPS) is 15.1. The van der Waals surface area contributed by atoms with Crippen LogP contribution in [0.1, 0.15) is 37.5 Å². The number of benzene rings is 1. The molecule has 1 heterocycles. The maximum atomic E-state index is 11.9. The van der Waals surface area contributed by atoms with Gasteiger partial charge in [-0.05, 0) is 50.4 Å². The van der Waals surface area contributed by atoms with E-state index >= 15 is 0 Å². The fourth-order valence-corrected chi connectivity index (χ4v) is 2.28. The zero-order chi connectivity index (χ0) is 13.2. The summed E-state index contributed by atoms with van der Waals surface area (Å²) in [6, 6.07) is 6.20. The highest BCUT2D eigenvalue weighted by Crippen LogP contribution is 2.20. The highest BCUT2D eigenvalue weighted by molar-refractivity contribution is 5.73. The summed E-state index contributed by atoms with van der Waals surface area (Å²) in [5, 5.41) is 3.35. The molecule has 2 rings (SSSR count). The van der Waals surface area contributed by atoms with Crippen molar-refractivity contribution in [2.75, 3.05) is 6.54 Å². The largest absolute Gasteiger partial charge is 0.460 e. The van der Waals surface area contributed by atoms with E-state index < -0.39 is 5.60 Å². The van der Waals surface area contributed by atoms with Crippen molar-refractivity contribution in [1.29, 1.82) is 0 Å². The zero-order valence-electron chi connectivity index (χ0n) is 11.4. The van der Waals surface area contributed by atoms with Gasteiger partial charge in [-0.1, -0.05) is 18.2 Å². The van der Waals surface area contributed by atoms with Crippen LogP contribution >= 0.6 is 0 Å². The number of rotatable bonds is 2. The molecule has 1 N–H and O–H groups in total. The first-order valence-corrected chi connectivity index (χ1v) is 6.48. The topological polar surface area (TPSA) is 38.3 Å². The second-order valence-corrected chi connectivity index (χ2v) is 5.74. The van der Waals surface area contributed by atoms with Crippen molar-refractivity contribution >= 4 is 5.97 Å². The van der Waals surface area contributed by atoms with Gasteiger partial charge in [0.25, 0.3) is 0 Å². The molecule has 0 unspecified atom stereocenters. The zero-order valence-corrected chi connectivity index (χ0v) is 11.4. The molecule has 1 aliphatic heterocycles. The van der Waals surface area contributed by atoms with Crippen molar-refractivity contribution in [1.82, 2.24) is 5.32 Å². The van der Waals surface area contributed by atoms with Crippen LogP contribution in [-0.4, -0.2) is 18.1 Å². The molecule has 0 radical (unpaired) electrons. The standard InChI is InChI=1S/C15H21NO2/c1-15(2,3)18-14(17)9-12-6-4-5-11-7-8-16-10-13(11)12/h4-6,16H,7-10H2,1-3H3. The summed E-state index contributed by atoms with van der Waals surface area (Å²) in [4.78, 5) is 11.9. The molecule has 0 fully saturated rings. The monoisotopic (exact) mass is 247 g/mol. The van der Waals surface area contributed by atoms with Gasteiger partial charge in [0.05, 0.1) is 6.42 Å². The Labute approximate surface area is 109 Å². The number of ether oxygens (including phenoxy) is 1. The molecule has 1 aromatic carbocycles. The fourth-order valence-electron chi connectivity index (χ4n) is 2.28. The second kappa shape index (κ2) is 5.11. The van der Waals surface area contributed by atoms with Gasteiger partial charge in [0.1, 0.15) is 5.60 Å². The Kier molecular flexibility index (Phi) is 3.71. The molecule has 0 aliphatic carbocycles. The van der Waals surface area contributed by atoms with E-state index in [2.05, 4.69) is 11.4 Å². The van der Waals surface area contributed by atoms with E-state index in [1.54, 1.807) is 0 Å². The third-order valence-electron chi connectivity index (χ3n) is 3.00. The van der Waals surface area contributed by atoms with Gasteiger partial charge in [-0.2, -0.15) is 0 Å². The van der Waals surface area contributed by atoms with E-state index in [-0.39, 0.29) is 5.97 Å². The molecule has 3 nitrogen and oxygen atoms in total. The van der Waals surface area contributed by atoms with Crippen molar-refractivity contribution in [2.45, 2.75) is 45.8 Å². The molecular weight excluding hydrogens is 226 g/mol. The Bertz CT molecular complexity index is 446. The van der Waals surface area contributed by atoms with Crippen molar-refractivity contribution in [3.05, 3.63) is 34.9 Å². The number of esters is 1. The van der Waals surface area contributed by atoms with Gasteiger partial charge < -0.3 is 10.1 Å². The van der Waals surface area contributed by atoms with E-state index in [1.165, 1.54) is 11.1 Å². The number of nitrogens with one attached hydrogen (secondary N) is 1. The smallest absolute Gasteiger partial charge is 0.310 e. The van der Waals surface area contributed by atoms with Crippen LogP contribution in [0, 0.1) is 0 Å². The summed E-state index contributed by atoms with van der Waals surface area (Å²) in [6.07, 6.45) is 1.40. The van der Waals surface area contributed by atoms with Crippen LogP contribution < -0.4 is 5.32 Å². The number of hydrogen-bond acceptors (Lipinski definition) is 3. The maximum absolute atomic E-state index is 11.9. The van der Waals surface area contributed by atoms with Crippen molar-refractivity contribution in [2.24, 2.45) is 0 Å². The van der Waals surface area contributed by atoms with Crippen LogP contribution in [0.3, 0.4) is 0 Å². The van der Waals surface area contributed by atoms with Crippen molar-refractivity contribution in [3.8, 4) is 0 Å². The molecule has 0 saturated heterocycles. The summed E-state index contributed by atoms with van der Waals surface area (Å²) in [6.45, 7) is 7.56. The molecular formula is C15H21NO2. The fraction of sp³-hybridized carbons (Fsp3) is 0.533. The molecule has 0 spiro atoms. The SMILES string of the molecule is CC(C)(C)OC(=O)Cc1cccc2c1CNCC2. The van der Waals surface area contributed by atoms with Gasteiger partial charge in [0.15, 0.2) is 0 Å². The summed E-state index contributed by atoms with van der Waals surface area (Å²) in [7, 11) is 0. The van der Waals surface area contributed by atoms with Gasteiger partial charge in [0.2, 0.25) is 0 Å². The van der Waals surface area contributed by atoms with Gasteiger partial charge in [-0.3, -0.25) is 4.79 Å². The Hall–Kier alpha value is -1.35. The number of carbonyl (C=O) groups is 1. The average molecular weight is 247 g/mol. The lowest BCUT2D eigenvalue weighted by atomic mass is 9.94. The number of hydrogen-bond donors (Lipinski definition) is 1. The summed E-state index contributed by atoms with van der Waals surface area (Å²) in [5.74, 6) is -0.151. The Morgan fingerprint density at radius 1 is 1.39 bits per heavy atom. The molecule has 0 aromatic heterocycles. The highest BCUT2D eigenvalue weighted by Gasteiger charge is 2.19. The molecule has 0 atom stereocenters. The van der Waals surface area contributed by atoms with Gasteiger partial charge >= 0.3 is 5.97 Å². The second-order valence-electron chi connectivity index (χ2n) is 5.74. The summed E-state index contributed by atoms with van der Waals surface area (Å²) >= 11 is 0. The maximum Gasteiger partial charge on any atom is 0.310 e. The Morgan fingerprint density at radius 3 is 2.89 bits per heavy atom. The quantitative estimate of drug-likeness (QED) is 0.814. The van der Waals surface area contributed by atoms with Gasteiger partial charge in [-0.25, -0.2) is 0 Å². The third-order valence-corrected chi connectivity index (χ3v) is 3.00. The third kappa shape index (κ3) is 3.33. The highest BCUT2D eigenvalue weighted by atomic mass is 16.6. The minimum atomic E-state index is -0.413. The average Bonchev–Trinajstić information content (AvgIpc) is 2.27. The van der Waals surface area contributed by atoms with Crippen LogP contribution in [0.5, 0.6) is 0 Å². The molecule has 18 heavy (non-hydrogen) atoms. The summed E-state index contributed by atoms with van der Waals surface area (Å²) < 4.78 is 5.37. The van der Waals surface area contributed by atoms with E-state index in [1.807, 2.05) is 32.9 Å². The Balaban J connectivity index is 2.12. The lowest BCUT2D eigenvalue weighted by Crippen LogP contribution is -2.27. The van der Waals surface area contributed by atoms with Crippen LogP contribution in [0.4, 0.5) is 0 Å². The predicted octanol–water partition coefficient (Wildman–Crippen LogP) is 2.22. The van der Waals surface area contributed by atoms with Crippen LogP contribution in [-0.2, 0) is 28.9 Å². The minimum absolute atomic E-state index is 0.151. The summed E-state index contributed by atoms with van der Waals surface area (Å²) in [5.41, 5.74) is 3.31. The van der Waals surface area contributed by atoms with Crippen LogP contribution in [0.2, 0.25) is 0 Å². The lowest BCUT2D eigenvalue weighted by Gasteiger charge is -2.22. The van der Waals surface area contributed by atoms with Crippen molar-refractivity contribution in [3.63, 3.8) is 0 Å². The van der Waals surface area contributed by atoms with E-state index in [0.717, 1.165) is 25.1 Å². The van der Waals surface area contributed by atoms with Crippen LogP contribution in [0.25, 0.3) is 0 Å². The lowest BCUT2D eigenvalue weighted by molar-refractivity contribution is -0.153. The molecule has 0 amide bonds. The first-order valence-electron chi connectivity index (χ1n) is 6.48. The predicted molar refractivity (Wildman–Crippen MR) is 71.4 cm³/mol. The first-order chi connectivity index (χ1) is 8.46. The van der Waals surface area contributed by atoms with Crippen LogP contribution in [0.15, 0.2) is 18.2 Å². The molecule has 0 bridgehead atoms. The molecule has 98 valence electrons. The van der Waals surface area contributed by atoms with E-state index in [9.17, 15) is 4.79 Å². The number of fused-ring (bicyclic) bond motifs is 1. The molecule has 1 aromatic rings. The minimum Gasteiger partial charge on any atom is -0.460 e. The van der Waals surface area contributed by atoms with E-state index in [4.69, 9.17) is 4.74 Å². The number of carbonyl (C=O) groups excluding carboxylic acids is 1. The van der Waals surface area contributed by atoms with Gasteiger partial charge in [-0.15, -0.1) is 0 Å². The molecule has 3 heteroatoms. The molecule has 0 saturated carbocycles. The van der Waals surface area contributed by atoms with Crippen molar-refractivity contribution < 1.29 is 9.53 Å².